The Kier molecular flexibility index (Phi) is 4.87. The molecule has 1 N–H and O–H groups in total. The first kappa shape index (κ1) is 17.6. The highest BCUT2D eigenvalue weighted by atomic mass is 32.2. The molecule has 1 amide bonds. The molecule has 0 saturated carbocycles. The Morgan fingerprint density at radius 3 is 2.52 bits per heavy atom. The number of rotatable bonds is 4. The molecular formula is C18H19FN2O3S. The van der Waals surface area contributed by atoms with E-state index in [1.54, 1.807) is 19.1 Å². The second-order valence-electron chi connectivity index (χ2n) is 6.05. The molecule has 7 heteroatoms. The number of hydrogen-bond acceptors (Lipinski definition) is 3. The van der Waals surface area contributed by atoms with Crippen LogP contribution < -0.4 is 5.32 Å². The van der Waals surface area contributed by atoms with Gasteiger partial charge in [0.05, 0.1) is 4.90 Å². The quantitative estimate of drug-likeness (QED) is 0.908. The van der Waals surface area contributed by atoms with Crippen molar-refractivity contribution in [1.82, 2.24) is 4.31 Å². The van der Waals surface area contributed by atoms with Gasteiger partial charge in [-0.25, -0.2) is 12.8 Å². The van der Waals surface area contributed by atoms with E-state index in [1.807, 2.05) is 0 Å². The first-order valence-electron chi connectivity index (χ1n) is 8.05. The number of carbonyl (C=O) groups is 1. The Morgan fingerprint density at radius 1 is 1.12 bits per heavy atom. The second kappa shape index (κ2) is 6.93. The number of carbonyl (C=O) groups excluding carboxylic acids is 1. The molecule has 25 heavy (non-hydrogen) atoms. The fourth-order valence-corrected chi connectivity index (χ4v) is 4.40. The monoisotopic (exact) mass is 362 g/mol. The zero-order valence-corrected chi connectivity index (χ0v) is 14.6. The van der Waals surface area contributed by atoms with Gasteiger partial charge in [0.25, 0.3) is 5.91 Å². The maximum atomic E-state index is 13.2. The molecular weight excluding hydrogens is 343 g/mol. The number of nitrogens with zero attached hydrogens (tertiary/aromatic N) is 1. The van der Waals surface area contributed by atoms with Crippen molar-refractivity contribution < 1.29 is 17.6 Å². The Balaban J connectivity index is 1.84. The van der Waals surface area contributed by atoms with Gasteiger partial charge in [-0.15, -0.1) is 0 Å². The average Bonchev–Trinajstić information content (AvgIpc) is 3.13. The van der Waals surface area contributed by atoms with Crippen LogP contribution in [0.4, 0.5) is 10.1 Å². The minimum atomic E-state index is -3.58. The van der Waals surface area contributed by atoms with Crippen molar-refractivity contribution in [3.05, 3.63) is 59.4 Å². The van der Waals surface area contributed by atoms with Gasteiger partial charge in [-0.3, -0.25) is 4.79 Å². The summed E-state index contributed by atoms with van der Waals surface area (Å²) in [7, 11) is -3.58. The van der Waals surface area contributed by atoms with Gasteiger partial charge in [0, 0.05) is 24.3 Å². The van der Waals surface area contributed by atoms with Gasteiger partial charge in [0.2, 0.25) is 10.0 Å². The normalized spacial score (nSPS) is 15.3. The summed E-state index contributed by atoms with van der Waals surface area (Å²) in [5.41, 5.74) is 1.32. The summed E-state index contributed by atoms with van der Waals surface area (Å²) in [5.74, 6) is -0.817. The number of sulfonamides is 1. The highest BCUT2D eigenvalue weighted by Crippen LogP contribution is 2.22. The molecule has 132 valence electrons. The van der Waals surface area contributed by atoms with Crippen LogP contribution in [0.1, 0.15) is 28.8 Å². The predicted octanol–water partition coefficient (Wildman–Crippen LogP) is 3.17. The molecule has 0 aromatic heterocycles. The Morgan fingerprint density at radius 2 is 1.84 bits per heavy atom. The molecule has 1 aliphatic rings. The van der Waals surface area contributed by atoms with Crippen LogP contribution in [0.5, 0.6) is 0 Å². The van der Waals surface area contributed by atoms with Gasteiger partial charge in [-0.1, -0.05) is 6.07 Å². The third kappa shape index (κ3) is 3.72. The summed E-state index contributed by atoms with van der Waals surface area (Å²) < 4.78 is 39.8. The zero-order valence-electron chi connectivity index (χ0n) is 13.8. The molecule has 0 bridgehead atoms. The molecule has 0 atom stereocenters. The van der Waals surface area contributed by atoms with Crippen LogP contribution in [-0.4, -0.2) is 31.7 Å². The maximum Gasteiger partial charge on any atom is 0.255 e. The summed E-state index contributed by atoms with van der Waals surface area (Å²) in [4.78, 5) is 12.5. The molecule has 1 fully saturated rings. The summed E-state index contributed by atoms with van der Waals surface area (Å²) in [6.45, 7) is 2.70. The molecule has 1 aliphatic heterocycles. The van der Waals surface area contributed by atoms with E-state index in [-0.39, 0.29) is 16.3 Å². The minimum Gasteiger partial charge on any atom is -0.322 e. The predicted molar refractivity (Wildman–Crippen MR) is 93.5 cm³/mol. The van der Waals surface area contributed by atoms with Gasteiger partial charge in [0.1, 0.15) is 5.82 Å². The van der Waals surface area contributed by atoms with Crippen LogP contribution >= 0.6 is 0 Å². The number of nitrogens with one attached hydrogen (secondary N) is 1. The topological polar surface area (TPSA) is 66.5 Å². The van der Waals surface area contributed by atoms with E-state index >= 15 is 0 Å². The lowest BCUT2D eigenvalue weighted by Crippen LogP contribution is -2.28. The van der Waals surface area contributed by atoms with Crippen LogP contribution in [0, 0.1) is 12.7 Å². The molecule has 2 aromatic carbocycles. The average molecular weight is 362 g/mol. The lowest BCUT2D eigenvalue weighted by atomic mass is 10.1. The fourth-order valence-electron chi connectivity index (χ4n) is 2.84. The highest BCUT2D eigenvalue weighted by molar-refractivity contribution is 7.89. The number of halogens is 1. The van der Waals surface area contributed by atoms with E-state index in [1.165, 1.54) is 34.6 Å². The Bertz CT molecular complexity index is 906. The van der Waals surface area contributed by atoms with Crippen LogP contribution in [0.15, 0.2) is 47.4 Å². The molecule has 3 rings (SSSR count). The van der Waals surface area contributed by atoms with Crippen LogP contribution in [0.2, 0.25) is 0 Å². The van der Waals surface area contributed by atoms with Crippen molar-refractivity contribution in [2.45, 2.75) is 24.7 Å². The van der Waals surface area contributed by atoms with Gasteiger partial charge in [-0.2, -0.15) is 4.31 Å². The van der Waals surface area contributed by atoms with Crippen molar-refractivity contribution in [1.29, 1.82) is 0 Å². The molecule has 0 unspecified atom stereocenters. The van der Waals surface area contributed by atoms with Crippen molar-refractivity contribution in [2.24, 2.45) is 0 Å². The lowest BCUT2D eigenvalue weighted by Gasteiger charge is -2.16. The van der Waals surface area contributed by atoms with E-state index in [9.17, 15) is 17.6 Å². The summed E-state index contributed by atoms with van der Waals surface area (Å²) in [5, 5.41) is 2.69. The van der Waals surface area contributed by atoms with Gasteiger partial charge in [0.15, 0.2) is 0 Å². The molecule has 0 aliphatic carbocycles. The fraction of sp³-hybridized carbons (Fsp3) is 0.278. The maximum absolute atomic E-state index is 13.2. The van der Waals surface area contributed by atoms with Crippen molar-refractivity contribution in [2.75, 3.05) is 18.4 Å². The number of amides is 1. The van der Waals surface area contributed by atoms with Gasteiger partial charge < -0.3 is 5.32 Å². The molecule has 0 spiro atoms. The Hall–Kier alpha value is -2.25. The number of aryl methyl sites for hydroxylation is 1. The number of hydrogen-bond donors (Lipinski definition) is 1. The van der Waals surface area contributed by atoms with Crippen molar-refractivity contribution in [3.63, 3.8) is 0 Å². The molecule has 2 aromatic rings. The molecule has 1 saturated heterocycles. The van der Waals surface area contributed by atoms with Gasteiger partial charge in [-0.05, 0) is 61.7 Å². The van der Waals surface area contributed by atoms with Crippen LogP contribution in [0.25, 0.3) is 0 Å². The minimum absolute atomic E-state index is 0.109. The van der Waals surface area contributed by atoms with Gasteiger partial charge >= 0.3 is 0 Å². The molecule has 0 radical (unpaired) electrons. The highest BCUT2D eigenvalue weighted by Gasteiger charge is 2.27. The largest absolute Gasteiger partial charge is 0.322 e. The van der Waals surface area contributed by atoms with Crippen molar-refractivity contribution in [3.8, 4) is 0 Å². The second-order valence-corrected chi connectivity index (χ2v) is 7.99. The first-order valence-corrected chi connectivity index (χ1v) is 9.50. The molecule has 5 nitrogen and oxygen atoms in total. The SMILES string of the molecule is Cc1cc(F)ccc1NC(=O)c1cccc(S(=O)(=O)N2CCCC2)c1. The van der Waals surface area contributed by atoms with Crippen molar-refractivity contribution >= 4 is 21.6 Å². The van der Waals surface area contributed by atoms with E-state index in [4.69, 9.17) is 0 Å². The van der Waals surface area contributed by atoms with Crippen LogP contribution in [-0.2, 0) is 10.0 Å². The van der Waals surface area contributed by atoms with E-state index in [0.717, 1.165) is 12.8 Å². The summed E-state index contributed by atoms with van der Waals surface area (Å²) in [6, 6.07) is 10.0. The van der Waals surface area contributed by atoms with E-state index in [0.29, 0.717) is 24.3 Å². The third-order valence-electron chi connectivity index (χ3n) is 4.24. The Labute approximate surface area is 146 Å². The standard InChI is InChI=1S/C18H19FN2O3S/c1-13-11-15(19)7-8-17(13)20-18(22)14-5-4-6-16(12-14)25(23,24)21-9-2-3-10-21/h4-8,11-12H,2-3,9-10H2,1H3,(H,20,22). The number of anilines is 1. The van der Waals surface area contributed by atoms with Crippen LogP contribution in [0.3, 0.4) is 0 Å². The first-order chi connectivity index (χ1) is 11.9. The summed E-state index contributed by atoms with van der Waals surface area (Å²) >= 11 is 0. The smallest absolute Gasteiger partial charge is 0.255 e. The lowest BCUT2D eigenvalue weighted by molar-refractivity contribution is 0.102. The van der Waals surface area contributed by atoms with E-state index in [2.05, 4.69) is 5.32 Å². The zero-order chi connectivity index (χ0) is 18.0. The third-order valence-corrected chi connectivity index (χ3v) is 6.13. The van der Waals surface area contributed by atoms with E-state index < -0.39 is 15.9 Å². The number of benzene rings is 2. The summed E-state index contributed by atoms with van der Waals surface area (Å²) in [6.07, 6.45) is 1.70. The molecule has 1 heterocycles.